The minimum Gasteiger partial charge on any atom is -0.336 e. The topological polar surface area (TPSA) is 4.93 Å². The molecule has 4 aromatic carbocycles. The molecule has 1 aromatic heterocycles. The fraction of sp³-hybridized carbons (Fsp3) is 0.143. The van der Waals surface area contributed by atoms with E-state index in [9.17, 15) is 0 Å². The molecule has 1 heteroatoms. The molecular formula is C28H23N. The van der Waals surface area contributed by atoms with Crippen molar-refractivity contribution in [2.75, 3.05) is 0 Å². The zero-order chi connectivity index (χ0) is 19.4. The van der Waals surface area contributed by atoms with Crippen molar-refractivity contribution in [1.82, 2.24) is 4.57 Å². The van der Waals surface area contributed by atoms with E-state index >= 15 is 0 Å². The van der Waals surface area contributed by atoms with Crippen LogP contribution >= 0.6 is 0 Å². The Hall–Kier alpha value is -3.32. The summed E-state index contributed by atoms with van der Waals surface area (Å²) < 4.78 is 2.54. The van der Waals surface area contributed by atoms with E-state index in [1.54, 1.807) is 0 Å². The number of rotatable bonds is 3. The lowest BCUT2D eigenvalue weighted by molar-refractivity contribution is 0.863. The molecule has 29 heavy (non-hydrogen) atoms. The van der Waals surface area contributed by atoms with Gasteiger partial charge in [0, 0.05) is 22.8 Å². The van der Waals surface area contributed by atoms with Crippen LogP contribution in [-0.4, -0.2) is 4.57 Å². The van der Waals surface area contributed by atoms with E-state index in [4.69, 9.17) is 0 Å². The van der Waals surface area contributed by atoms with Crippen LogP contribution in [0.2, 0.25) is 0 Å². The number of aryl methyl sites for hydroxylation is 1. The van der Waals surface area contributed by atoms with Crippen LogP contribution in [0.15, 0.2) is 84.9 Å². The Labute approximate surface area is 171 Å². The highest BCUT2D eigenvalue weighted by atomic mass is 15.0. The zero-order valence-corrected chi connectivity index (χ0v) is 16.7. The number of fused-ring (bicyclic) bond motifs is 6. The molecule has 1 aliphatic carbocycles. The molecule has 0 unspecified atom stereocenters. The van der Waals surface area contributed by atoms with Gasteiger partial charge in [-0.1, -0.05) is 85.8 Å². The normalized spacial score (nSPS) is 12.4. The first-order valence-electron chi connectivity index (χ1n) is 10.5. The molecule has 0 saturated heterocycles. The molecule has 0 saturated carbocycles. The van der Waals surface area contributed by atoms with Gasteiger partial charge in [-0.25, -0.2) is 0 Å². The van der Waals surface area contributed by atoms with Crippen molar-refractivity contribution < 1.29 is 0 Å². The Morgan fingerprint density at radius 1 is 0.690 bits per heavy atom. The summed E-state index contributed by atoms with van der Waals surface area (Å²) in [6, 6.07) is 31.3. The summed E-state index contributed by atoms with van der Waals surface area (Å²) >= 11 is 0. The van der Waals surface area contributed by atoms with Crippen LogP contribution in [0.5, 0.6) is 0 Å². The molecule has 0 N–H and O–H groups in total. The summed E-state index contributed by atoms with van der Waals surface area (Å²) in [7, 11) is 0. The number of aromatic nitrogens is 1. The SMILES string of the molecule is CCc1cccc2c3ccccc3n(Cc3cccc4c3-c3ccccc3C4)c12. The van der Waals surface area contributed by atoms with Gasteiger partial charge in [-0.05, 0) is 52.3 Å². The molecule has 0 atom stereocenters. The van der Waals surface area contributed by atoms with Crippen LogP contribution < -0.4 is 0 Å². The van der Waals surface area contributed by atoms with Crippen LogP contribution in [0.25, 0.3) is 32.9 Å². The lowest BCUT2D eigenvalue weighted by Crippen LogP contribution is -2.03. The molecule has 6 rings (SSSR count). The minimum atomic E-state index is 0.901. The maximum absolute atomic E-state index is 2.54. The van der Waals surface area contributed by atoms with Crippen molar-refractivity contribution in [3.8, 4) is 11.1 Å². The molecule has 140 valence electrons. The van der Waals surface area contributed by atoms with Crippen LogP contribution in [0.4, 0.5) is 0 Å². The van der Waals surface area contributed by atoms with Gasteiger partial charge in [0.1, 0.15) is 0 Å². The van der Waals surface area contributed by atoms with E-state index < -0.39 is 0 Å². The van der Waals surface area contributed by atoms with Crippen LogP contribution in [0.3, 0.4) is 0 Å². The Balaban J connectivity index is 1.62. The molecule has 0 bridgehead atoms. The zero-order valence-electron chi connectivity index (χ0n) is 16.7. The monoisotopic (exact) mass is 373 g/mol. The Bertz CT molecular complexity index is 1390. The van der Waals surface area contributed by atoms with Gasteiger partial charge in [0.05, 0.1) is 5.52 Å². The van der Waals surface area contributed by atoms with Crippen molar-refractivity contribution >= 4 is 21.8 Å². The van der Waals surface area contributed by atoms with Gasteiger partial charge < -0.3 is 4.57 Å². The van der Waals surface area contributed by atoms with Gasteiger partial charge in [-0.3, -0.25) is 0 Å². The van der Waals surface area contributed by atoms with Crippen molar-refractivity contribution in [3.05, 3.63) is 107 Å². The number of hydrogen-bond donors (Lipinski definition) is 0. The van der Waals surface area contributed by atoms with Gasteiger partial charge in [-0.2, -0.15) is 0 Å². The molecule has 0 aliphatic heterocycles. The largest absolute Gasteiger partial charge is 0.336 e. The molecule has 0 spiro atoms. The third-order valence-electron chi connectivity index (χ3n) is 6.49. The van der Waals surface area contributed by atoms with E-state index in [-0.39, 0.29) is 0 Å². The average Bonchev–Trinajstić information content (AvgIpc) is 3.31. The van der Waals surface area contributed by atoms with Crippen molar-refractivity contribution in [1.29, 1.82) is 0 Å². The first kappa shape index (κ1) is 16.6. The number of hydrogen-bond acceptors (Lipinski definition) is 0. The maximum Gasteiger partial charge on any atom is 0.0526 e. The fourth-order valence-corrected chi connectivity index (χ4v) is 5.21. The van der Waals surface area contributed by atoms with E-state index in [1.807, 2.05) is 0 Å². The van der Waals surface area contributed by atoms with E-state index in [2.05, 4.69) is 96.4 Å². The Kier molecular flexibility index (Phi) is 3.64. The van der Waals surface area contributed by atoms with Gasteiger partial charge in [0.15, 0.2) is 0 Å². The van der Waals surface area contributed by atoms with Gasteiger partial charge in [-0.15, -0.1) is 0 Å². The maximum atomic E-state index is 2.54. The predicted octanol–water partition coefficient (Wildman–Crippen LogP) is 6.98. The summed E-state index contributed by atoms with van der Waals surface area (Å²) in [5.41, 5.74) is 11.3. The number of benzene rings is 4. The smallest absolute Gasteiger partial charge is 0.0526 e. The molecule has 0 amide bonds. The Morgan fingerprint density at radius 3 is 2.34 bits per heavy atom. The predicted molar refractivity (Wildman–Crippen MR) is 123 cm³/mol. The first-order valence-corrected chi connectivity index (χ1v) is 10.5. The highest BCUT2D eigenvalue weighted by Gasteiger charge is 2.22. The second kappa shape index (κ2) is 6.35. The summed E-state index contributed by atoms with van der Waals surface area (Å²) in [4.78, 5) is 0. The molecule has 1 heterocycles. The highest BCUT2D eigenvalue weighted by molar-refractivity contribution is 6.09. The molecular weight excluding hydrogens is 350 g/mol. The summed E-state index contributed by atoms with van der Waals surface area (Å²) in [6.07, 6.45) is 2.09. The molecule has 5 aromatic rings. The number of nitrogens with zero attached hydrogens (tertiary/aromatic N) is 1. The lowest BCUT2D eigenvalue weighted by Gasteiger charge is -2.14. The third kappa shape index (κ3) is 2.40. The van der Waals surface area contributed by atoms with Gasteiger partial charge in [0.25, 0.3) is 0 Å². The van der Waals surface area contributed by atoms with Crippen molar-refractivity contribution in [2.45, 2.75) is 26.3 Å². The first-order chi connectivity index (χ1) is 14.3. The average molecular weight is 373 g/mol. The van der Waals surface area contributed by atoms with E-state index in [0.717, 1.165) is 19.4 Å². The van der Waals surface area contributed by atoms with Crippen molar-refractivity contribution in [2.24, 2.45) is 0 Å². The molecule has 1 aliphatic rings. The summed E-state index contributed by atoms with van der Waals surface area (Å²) in [5.74, 6) is 0. The second-order valence-electron chi connectivity index (χ2n) is 8.06. The molecule has 0 radical (unpaired) electrons. The fourth-order valence-electron chi connectivity index (χ4n) is 5.21. The van der Waals surface area contributed by atoms with Gasteiger partial charge in [0.2, 0.25) is 0 Å². The standard InChI is InChI=1S/C28H23N/c1-2-19-10-8-15-25-24-14-5-6-16-26(24)29(28(19)25)18-22-12-7-11-21-17-20-9-3-4-13-23(20)27(21)22/h3-16H,2,17-18H2,1H3. The number of para-hydroxylation sites is 2. The lowest BCUT2D eigenvalue weighted by atomic mass is 9.99. The molecule has 1 nitrogen and oxygen atoms in total. The quantitative estimate of drug-likeness (QED) is 0.315. The summed E-state index contributed by atoms with van der Waals surface area (Å²) in [6.45, 7) is 3.16. The van der Waals surface area contributed by atoms with E-state index in [1.165, 1.54) is 55.2 Å². The highest BCUT2D eigenvalue weighted by Crippen LogP contribution is 2.40. The molecule has 0 fully saturated rings. The second-order valence-corrected chi connectivity index (χ2v) is 8.06. The Morgan fingerprint density at radius 2 is 1.41 bits per heavy atom. The van der Waals surface area contributed by atoms with Crippen LogP contribution in [0, 0.1) is 0 Å². The van der Waals surface area contributed by atoms with Crippen molar-refractivity contribution in [3.63, 3.8) is 0 Å². The summed E-state index contributed by atoms with van der Waals surface area (Å²) in [5, 5.41) is 2.72. The van der Waals surface area contributed by atoms with Crippen LogP contribution in [-0.2, 0) is 19.4 Å². The van der Waals surface area contributed by atoms with Gasteiger partial charge >= 0.3 is 0 Å². The minimum absolute atomic E-state index is 0.901. The van der Waals surface area contributed by atoms with E-state index in [0.29, 0.717) is 0 Å². The third-order valence-corrected chi connectivity index (χ3v) is 6.49. The van der Waals surface area contributed by atoms with Crippen LogP contribution in [0.1, 0.15) is 29.2 Å².